The van der Waals surface area contributed by atoms with Gasteiger partial charge in [0, 0.05) is 17.9 Å². The van der Waals surface area contributed by atoms with E-state index in [-0.39, 0.29) is 5.78 Å². The lowest BCUT2D eigenvalue weighted by Gasteiger charge is -1.99. The van der Waals surface area contributed by atoms with E-state index in [1.54, 1.807) is 11.8 Å². The SMILES string of the molecule is O=C(CF)CCSCc1ccccc1. The van der Waals surface area contributed by atoms with Gasteiger partial charge in [-0.3, -0.25) is 4.79 Å². The lowest BCUT2D eigenvalue weighted by atomic mass is 10.2. The maximum Gasteiger partial charge on any atom is 0.164 e. The molecule has 1 rings (SSSR count). The van der Waals surface area contributed by atoms with Gasteiger partial charge in [-0.25, -0.2) is 4.39 Å². The van der Waals surface area contributed by atoms with E-state index >= 15 is 0 Å². The minimum Gasteiger partial charge on any atom is -0.297 e. The average Bonchev–Trinajstić information content (AvgIpc) is 2.25. The summed E-state index contributed by atoms with van der Waals surface area (Å²) in [6, 6.07) is 10.0. The molecule has 0 saturated heterocycles. The molecule has 3 heteroatoms. The third-order valence-corrected chi connectivity index (χ3v) is 2.82. The van der Waals surface area contributed by atoms with Crippen molar-refractivity contribution in [1.82, 2.24) is 0 Å². The summed E-state index contributed by atoms with van der Waals surface area (Å²) >= 11 is 1.66. The van der Waals surface area contributed by atoms with Crippen LogP contribution in [0.1, 0.15) is 12.0 Å². The first kappa shape index (κ1) is 11.2. The molecular formula is C11H13FOS. The molecule has 0 aliphatic carbocycles. The van der Waals surface area contributed by atoms with Crippen LogP contribution in [0.3, 0.4) is 0 Å². The molecule has 0 aliphatic heterocycles. The van der Waals surface area contributed by atoms with Gasteiger partial charge in [0.05, 0.1) is 0 Å². The quantitative estimate of drug-likeness (QED) is 0.674. The third-order valence-electron chi connectivity index (χ3n) is 1.79. The molecule has 1 aromatic carbocycles. The van der Waals surface area contributed by atoms with Crippen LogP contribution in [0.4, 0.5) is 4.39 Å². The van der Waals surface area contributed by atoms with E-state index in [9.17, 15) is 9.18 Å². The smallest absolute Gasteiger partial charge is 0.164 e. The fourth-order valence-corrected chi connectivity index (χ4v) is 1.96. The molecule has 0 fully saturated rings. The molecule has 76 valence electrons. The Kier molecular flexibility index (Phi) is 5.30. The number of carbonyl (C=O) groups is 1. The molecule has 0 N–H and O–H groups in total. The summed E-state index contributed by atoms with van der Waals surface area (Å²) in [5, 5.41) is 0. The molecule has 0 heterocycles. The molecule has 14 heavy (non-hydrogen) atoms. The fraction of sp³-hybridized carbons (Fsp3) is 0.364. The Morgan fingerprint density at radius 3 is 2.64 bits per heavy atom. The van der Waals surface area contributed by atoms with E-state index in [0.717, 1.165) is 5.75 Å². The van der Waals surface area contributed by atoms with Crippen LogP contribution in [-0.4, -0.2) is 18.2 Å². The Bertz CT molecular complexity index is 274. The molecule has 1 aromatic rings. The number of hydrogen-bond acceptors (Lipinski definition) is 2. The highest BCUT2D eigenvalue weighted by Crippen LogP contribution is 2.12. The molecule has 0 spiro atoms. The van der Waals surface area contributed by atoms with E-state index < -0.39 is 6.67 Å². The van der Waals surface area contributed by atoms with Crippen molar-refractivity contribution < 1.29 is 9.18 Å². The summed E-state index contributed by atoms with van der Waals surface area (Å²) < 4.78 is 11.8. The van der Waals surface area contributed by atoms with Crippen molar-refractivity contribution >= 4 is 17.5 Å². The van der Waals surface area contributed by atoms with Gasteiger partial charge in [-0.2, -0.15) is 11.8 Å². The maximum atomic E-state index is 11.8. The highest BCUT2D eigenvalue weighted by atomic mass is 32.2. The number of ketones is 1. The molecule has 0 radical (unpaired) electrons. The minimum atomic E-state index is -0.827. The van der Waals surface area contributed by atoms with Gasteiger partial charge < -0.3 is 0 Å². The zero-order valence-corrected chi connectivity index (χ0v) is 8.73. The van der Waals surface area contributed by atoms with Crippen molar-refractivity contribution in [1.29, 1.82) is 0 Å². The van der Waals surface area contributed by atoms with Crippen molar-refractivity contribution in [3.05, 3.63) is 35.9 Å². The van der Waals surface area contributed by atoms with Crippen LogP contribution in [0.15, 0.2) is 30.3 Å². The summed E-state index contributed by atoms with van der Waals surface area (Å²) in [6.45, 7) is -0.827. The molecular weight excluding hydrogens is 199 g/mol. The van der Waals surface area contributed by atoms with Crippen LogP contribution >= 0.6 is 11.8 Å². The summed E-state index contributed by atoms with van der Waals surface area (Å²) in [5.74, 6) is 1.29. The number of Topliss-reactive ketones (excluding diaryl/α,β-unsaturated/α-hetero) is 1. The number of alkyl halides is 1. The van der Waals surface area contributed by atoms with Crippen LogP contribution in [0, 0.1) is 0 Å². The van der Waals surface area contributed by atoms with Crippen molar-refractivity contribution in [2.75, 3.05) is 12.4 Å². The monoisotopic (exact) mass is 212 g/mol. The standard InChI is InChI=1S/C11H13FOS/c12-8-11(13)6-7-14-9-10-4-2-1-3-5-10/h1-5H,6-9H2. The molecule has 0 atom stereocenters. The van der Waals surface area contributed by atoms with E-state index in [4.69, 9.17) is 0 Å². The van der Waals surface area contributed by atoms with Crippen molar-refractivity contribution in [3.63, 3.8) is 0 Å². The second kappa shape index (κ2) is 6.60. The van der Waals surface area contributed by atoms with Crippen LogP contribution < -0.4 is 0 Å². The molecule has 0 saturated carbocycles. The van der Waals surface area contributed by atoms with Gasteiger partial charge in [0.1, 0.15) is 6.67 Å². The second-order valence-corrected chi connectivity index (χ2v) is 4.07. The number of thioether (sulfide) groups is 1. The highest BCUT2D eigenvalue weighted by molar-refractivity contribution is 7.98. The second-order valence-electron chi connectivity index (χ2n) is 2.96. The summed E-state index contributed by atoms with van der Waals surface area (Å²) in [5.41, 5.74) is 1.24. The number of carbonyl (C=O) groups excluding carboxylic acids is 1. The lowest BCUT2D eigenvalue weighted by Crippen LogP contribution is -2.00. The van der Waals surface area contributed by atoms with Gasteiger partial charge in [0.15, 0.2) is 5.78 Å². The van der Waals surface area contributed by atoms with Gasteiger partial charge in [-0.1, -0.05) is 30.3 Å². The van der Waals surface area contributed by atoms with Gasteiger partial charge in [-0.05, 0) is 5.56 Å². The number of hydrogen-bond donors (Lipinski definition) is 0. The molecule has 0 aliphatic rings. The van der Waals surface area contributed by atoms with Crippen LogP contribution in [0.2, 0.25) is 0 Å². The average molecular weight is 212 g/mol. The van der Waals surface area contributed by atoms with E-state index in [1.165, 1.54) is 5.56 Å². The largest absolute Gasteiger partial charge is 0.297 e. The molecule has 0 unspecified atom stereocenters. The Balaban J connectivity index is 2.13. The van der Waals surface area contributed by atoms with Gasteiger partial charge >= 0.3 is 0 Å². The summed E-state index contributed by atoms with van der Waals surface area (Å²) in [4.78, 5) is 10.6. The van der Waals surface area contributed by atoms with Crippen LogP contribution in [-0.2, 0) is 10.5 Å². The van der Waals surface area contributed by atoms with Gasteiger partial charge in [0.25, 0.3) is 0 Å². The first-order chi connectivity index (χ1) is 6.83. The first-order valence-corrected chi connectivity index (χ1v) is 5.67. The van der Waals surface area contributed by atoms with Crippen molar-refractivity contribution in [2.24, 2.45) is 0 Å². The Morgan fingerprint density at radius 2 is 2.00 bits per heavy atom. The third kappa shape index (κ3) is 4.42. The predicted molar refractivity (Wildman–Crippen MR) is 58.2 cm³/mol. The molecule has 0 amide bonds. The summed E-state index contributed by atoms with van der Waals surface area (Å²) in [6.07, 6.45) is 0.341. The fourth-order valence-electron chi connectivity index (χ4n) is 1.02. The molecule has 1 nitrogen and oxygen atoms in total. The molecule has 0 bridgehead atoms. The zero-order chi connectivity index (χ0) is 10.2. The first-order valence-electron chi connectivity index (χ1n) is 4.52. The number of rotatable bonds is 6. The number of halogens is 1. The normalized spacial score (nSPS) is 10.1. The minimum absolute atomic E-state index is 0.300. The summed E-state index contributed by atoms with van der Waals surface area (Å²) in [7, 11) is 0. The van der Waals surface area contributed by atoms with Crippen LogP contribution in [0.25, 0.3) is 0 Å². The number of benzene rings is 1. The van der Waals surface area contributed by atoms with Gasteiger partial charge in [-0.15, -0.1) is 0 Å². The maximum absolute atomic E-state index is 11.8. The predicted octanol–water partition coefficient (Wildman–Crippen LogP) is 2.85. The zero-order valence-electron chi connectivity index (χ0n) is 7.91. The van der Waals surface area contributed by atoms with Gasteiger partial charge in [0.2, 0.25) is 0 Å². The molecule has 0 aromatic heterocycles. The topological polar surface area (TPSA) is 17.1 Å². The van der Waals surface area contributed by atoms with E-state index in [1.807, 2.05) is 30.3 Å². The Morgan fingerprint density at radius 1 is 1.29 bits per heavy atom. The van der Waals surface area contributed by atoms with Crippen molar-refractivity contribution in [3.8, 4) is 0 Å². The van der Waals surface area contributed by atoms with E-state index in [2.05, 4.69) is 0 Å². The van der Waals surface area contributed by atoms with Crippen LogP contribution in [0.5, 0.6) is 0 Å². The Hall–Kier alpha value is -0.830. The lowest BCUT2D eigenvalue weighted by molar-refractivity contribution is -0.119. The van der Waals surface area contributed by atoms with Crippen molar-refractivity contribution in [2.45, 2.75) is 12.2 Å². The van der Waals surface area contributed by atoms with E-state index in [0.29, 0.717) is 12.2 Å². The Labute approximate surface area is 87.7 Å². The highest BCUT2D eigenvalue weighted by Gasteiger charge is 2.00.